The van der Waals surface area contributed by atoms with Gasteiger partial charge in [-0.05, 0) is 43.2 Å². The molecule has 0 radical (unpaired) electrons. The molecule has 0 heterocycles. The van der Waals surface area contributed by atoms with E-state index in [-0.39, 0.29) is 11.3 Å². The Morgan fingerprint density at radius 2 is 1.62 bits per heavy atom. The van der Waals surface area contributed by atoms with E-state index in [1.54, 1.807) is 31.4 Å². The van der Waals surface area contributed by atoms with Crippen molar-refractivity contribution in [3.05, 3.63) is 59.2 Å². The van der Waals surface area contributed by atoms with Crippen LogP contribution in [0.5, 0.6) is 5.75 Å². The molecule has 0 bridgehead atoms. The molecule has 0 saturated heterocycles. The van der Waals surface area contributed by atoms with Gasteiger partial charge in [-0.2, -0.15) is 4.31 Å². The zero-order chi connectivity index (χ0) is 21.6. The Morgan fingerprint density at radius 3 is 2.24 bits per heavy atom. The fourth-order valence-electron chi connectivity index (χ4n) is 2.56. The number of benzene rings is 2. The highest BCUT2D eigenvalue weighted by Crippen LogP contribution is 2.19. The van der Waals surface area contributed by atoms with E-state index < -0.39 is 28.4 Å². The van der Waals surface area contributed by atoms with Gasteiger partial charge in [0, 0.05) is 7.05 Å². The summed E-state index contributed by atoms with van der Waals surface area (Å²) < 4.78 is 31.1. The Balaban J connectivity index is 1.88. The van der Waals surface area contributed by atoms with Gasteiger partial charge in [0.15, 0.2) is 0 Å². The summed E-state index contributed by atoms with van der Waals surface area (Å²) in [5, 5.41) is 0. The van der Waals surface area contributed by atoms with Crippen LogP contribution in [0.4, 0.5) is 0 Å². The number of methoxy groups -OCH3 is 1. The Hall–Kier alpha value is -2.91. The topological polar surface area (TPSA) is 105 Å². The number of carbonyl (C=O) groups excluding carboxylic acids is 2. The second-order valence-corrected chi connectivity index (χ2v) is 8.70. The standard InChI is InChI=1S/C20H25N3O5S/c1-14-5-9-17(10-6-14)29(26,27)23(3)13-20(25)22-21-19(24)12-16-8-7-15(2)18(11-16)28-4/h5-11H,12-13H2,1-4H3,(H,21,24)(H,22,25). The Kier molecular flexibility index (Phi) is 7.35. The Morgan fingerprint density at radius 1 is 1.00 bits per heavy atom. The minimum absolute atomic E-state index is 0.0361. The minimum Gasteiger partial charge on any atom is -0.496 e. The predicted molar refractivity (Wildman–Crippen MR) is 109 cm³/mol. The molecule has 0 saturated carbocycles. The first kappa shape index (κ1) is 22.4. The number of nitrogens with zero attached hydrogens (tertiary/aromatic N) is 1. The zero-order valence-electron chi connectivity index (χ0n) is 16.9. The van der Waals surface area contributed by atoms with Crippen LogP contribution in [-0.4, -0.2) is 45.2 Å². The molecular formula is C20H25N3O5S. The third-order valence-electron chi connectivity index (χ3n) is 4.27. The summed E-state index contributed by atoms with van der Waals surface area (Å²) in [6.07, 6.45) is 0.0361. The maximum atomic E-state index is 12.5. The number of sulfonamides is 1. The fourth-order valence-corrected chi connectivity index (χ4v) is 3.69. The lowest BCUT2D eigenvalue weighted by molar-refractivity contribution is -0.128. The largest absolute Gasteiger partial charge is 0.496 e. The quantitative estimate of drug-likeness (QED) is 0.659. The molecule has 0 atom stereocenters. The highest BCUT2D eigenvalue weighted by atomic mass is 32.2. The summed E-state index contributed by atoms with van der Waals surface area (Å²) in [7, 11) is -0.954. The van der Waals surface area contributed by atoms with Gasteiger partial charge in [-0.15, -0.1) is 0 Å². The van der Waals surface area contributed by atoms with E-state index in [1.807, 2.05) is 19.9 Å². The van der Waals surface area contributed by atoms with Crippen LogP contribution in [-0.2, 0) is 26.0 Å². The van der Waals surface area contributed by atoms with Crippen molar-refractivity contribution >= 4 is 21.8 Å². The van der Waals surface area contributed by atoms with Gasteiger partial charge in [0.1, 0.15) is 5.75 Å². The van der Waals surface area contributed by atoms with Gasteiger partial charge in [-0.3, -0.25) is 20.4 Å². The first-order chi connectivity index (χ1) is 13.6. The van der Waals surface area contributed by atoms with Crippen LogP contribution in [0.3, 0.4) is 0 Å². The van der Waals surface area contributed by atoms with E-state index in [4.69, 9.17) is 4.74 Å². The molecule has 9 heteroatoms. The second kappa shape index (κ2) is 9.53. The van der Waals surface area contributed by atoms with E-state index in [2.05, 4.69) is 10.9 Å². The van der Waals surface area contributed by atoms with Crippen LogP contribution in [0.25, 0.3) is 0 Å². The molecule has 2 aromatic rings. The van der Waals surface area contributed by atoms with Crippen LogP contribution >= 0.6 is 0 Å². The molecule has 2 N–H and O–H groups in total. The molecule has 0 unspecified atom stereocenters. The molecule has 0 spiro atoms. The monoisotopic (exact) mass is 419 g/mol. The first-order valence-electron chi connectivity index (χ1n) is 8.87. The Bertz CT molecular complexity index is 988. The van der Waals surface area contributed by atoms with Gasteiger partial charge in [0.25, 0.3) is 5.91 Å². The lowest BCUT2D eigenvalue weighted by Gasteiger charge is -2.17. The number of likely N-dealkylation sites (N-methyl/N-ethyl adjacent to an activating group) is 1. The van der Waals surface area contributed by atoms with Crippen molar-refractivity contribution in [2.45, 2.75) is 25.2 Å². The summed E-state index contributed by atoms with van der Waals surface area (Å²) in [5.41, 5.74) is 7.11. The highest BCUT2D eigenvalue weighted by molar-refractivity contribution is 7.89. The molecule has 0 aliphatic rings. The SMILES string of the molecule is COc1cc(CC(=O)NNC(=O)CN(C)S(=O)(=O)c2ccc(C)cc2)ccc1C. The third kappa shape index (κ3) is 6.03. The molecular weight excluding hydrogens is 394 g/mol. The van der Waals surface area contributed by atoms with Crippen LogP contribution in [0.2, 0.25) is 0 Å². The average Bonchev–Trinajstić information content (AvgIpc) is 2.68. The van der Waals surface area contributed by atoms with Crippen molar-refractivity contribution in [3.63, 3.8) is 0 Å². The number of rotatable bonds is 7. The van der Waals surface area contributed by atoms with Crippen molar-refractivity contribution in [2.24, 2.45) is 0 Å². The van der Waals surface area contributed by atoms with Crippen molar-refractivity contribution in [3.8, 4) is 5.75 Å². The number of hydrogen-bond donors (Lipinski definition) is 2. The lowest BCUT2D eigenvalue weighted by Crippen LogP contribution is -2.47. The Labute approximate surface area is 170 Å². The number of nitrogens with one attached hydrogen (secondary N) is 2. The van der Waals surface area contributed by atoms with Crippen LogP contribution < -0.4 is 15.6 Å². The summed E-state index contributed by atoms with van der Waals surface area (Å²) >= 11 is 0. The van der Waals surface area contributed by atoms with Crippen LogP contribution in [0, 0.1) is 13.8 Å². The highest BCUT2D eigenvalue weighted by Gasteiger charge is 2.23. The van der Waals surface area contributed by atoms with Crippen molar-refractivity contribution in [1.82, 2.24) is 15.2 Å². The van der Waals surface area contributed by atoms with E-state index in [0.717, 1.165) is 21.0 Å². The first-order valence-corrected chi connectivity index (χ1v) is 10.3. The second-order valence-electron chi connectivity index (χ2n) is 6.65. The van der Waals surface area contributed by atoms with Crippen LogP contribution in [0.15, 0.2) is 47.4 Å². The molecule has 0 aliphatic carbocycles. The van der Waals surface area contributed by atoms with Crippen molar-refractivity contribution < 1.29 is 22.7 Å². The maximum Gasteiger partial charge on any atom is 0.253 e. The fraction of sp³-hybridized carbons (Fsp3) is 0.300. The van der Waals surface area contributed by atoms with Gasteiger partial charge in [0.2, 0.25) is 15.9 Å². The van der Waals surface area contributed by atoms with E-state index in [0.29, 0.717) is 5.75 Å². The van der Waals surface area contributed by atoms with E-state index in [9.17, 15) is 18.0 Å². The molecule has 156 valence electrons. The molecule has 29 heavy (non-hydrogen) atoms. The van der Waals surface area contributed by atoms with Gasteiger partial charge in [0.05, 0.1) is 25.0 Å². The lowest BCUT2D eigenvalue weighted by atomic mass is 10.1. The van der Waals surface area contributed by atoms with Crippen LogP contribution in [0.1, 0.15) is 16.7 Å². The summed E-state index contributed by atoms with van der Waals surface area (Å²) in [5.74, 6) is -0.423. The third-order valence-corrected chi connectivity index (χ3v) is 6.09. The number of amides is 2. The number of carbonyl (C=O) groups is 2. The number of hydrogen-bond acceptors (Lipinski definition) is 5. The van der Waals surface area contributed by atoms with Gasteiger partial charge < -0.3 is 4.74 Å². The molecule has 0 fully saturated rings. The van der Waals surface area contributed by atoms with Crippen molar-refractivity contribution in [1.29, 1.82) is 0 Å². The van der Waals surface area contributed by atoms with Gasteiger partial charge in [-0.1, -0.05) is 29.8 Å². The molecule has 8 nitrogen and oxygen atoms in total. The van der Waals surface area contributed by atoms with Gasteiger partial charge in [-0.25, -0.2) is 8.42 Å². The van der Waals surface area contributed by atoms with Gasteiger partial charge >= 0.3 is 0 Å². The maximum absolute atomic E-state index is 12.5. The smallest absolute Gasteiger partial charge is 0.253 e. The number of ether oxygens (including phenoxy) is 1. The van der Waals surface area contributed by atoms with Crippen molar-refractivity contribution in [2.75, 3.05) is 20.7 Å². The van der Waals surface area contributed by atoms with E-state index >= 15 is 0 Å². The molecule has 2 rings (SSSR count). The summed E-state index contributed by atoms with van der Waals surface area (Å²) in [4.78, 5) is 24.2. The summed E-state index contributed by atoms with van der Waals surface area (Å²) in [6, 6.07) is 11.7. The normalized spacial score (nSPS) is 11.2. The minimum atomic E-state index is -3.80. The average molecular weight is 420 g/mol. The van der Waals surface area contributed by atoms with E-state index in [1.165, 1.54) is 19.2 Å². The molecule has 0 aliphatic heterocycles. The molecule has 2 amide bonds. The molecule has 0 aromatic heterocycles. The predicted octanol–water partition coefficient (Wildman–Crippen LogP) is 1.32. The molecule has 2 aromatic carbocycles. The number of hydrazine groups is 1. The summed E-state index contributed by atoms with van der Waals surface area (Å²) in [6.45, 7) is 3.31. The number of aryl methyl sites for hydroxylation is 2. The zero-order valence-corrected chi connectivity index (χ0v) is 17.7.